The second-order valence-corrected chi connectivity index (χ2v) is 11.9. The standard InChI is InChI=1S/C30H33NO5S/c32-29(22-12-4-1-5-13-22)31(37(34,35)24-16-8-3-9-17-24)27-20-21-28(26-19-11-10-18-25(26)27)36-30(33)23-14-6-2-7-15-23/h3,8-11,16-23H,1-2,4-7,12-15H2. The molecule has 0 aromatic heterocycles. The number of sulfonamides is 1. The number of amides is 1. The van der Waals surface area contributed by atoms with Gasteiger partial charge >= 0.3 is 5.97 Å². The maximum Gasteiger partial charge on any atom is 0.314 e. The van der Waals surface area contributed by atoms with Gasteiger partial charge in [-0.15, -0.1) is 0 Å². The monoisotopic (exact) mass is 519 g/mol. The quantitative estimate of drug-likeness (QED) is 0.270. The largest absolute Gasteiger partial charge is 0.426 e. The van der Waals surface area contributed by atoms with E-state index in [0.29, 0.717) is 29.4 Å². The number of esters is 1. The molecule has 3 aromatic carbocycles. The molecule has 2 saturated carbocycles. The lowest BCUT2D eigenvalue weighted by molar-refractivity contribution is -0.139. The summed E-state index contributed by atoms with van der Waals surface area (Å²) in [4.78, 5) is 26.9. The lowest BCUT2D eigenvalue weighted by atomic mass is 9.88. The zero-order chi connectivity index (χ0) is 25.8. The third-order valence-corrected chi connectivity index (χ3v) is 9.39. The molecule has 2 aliphatic rings. The first-order valence-corrected chi connectivity index (χ1v) is 14.8. The van der Waals surface area contributed by atoms with Gasteiger partial charge in [-0.1, -0.05) is 81.0 Å². The van der Waals surface area contributed by atoms with Gasteiger partial charge in [0, 0.05) is 16.7 Å². The van der Waals surface area contributed by atoms with Gasteiger partial charge in [-0.05, 0) is 49.9 Å². The van der Waals surface area contributed by atoms with Crippen LogP contribution in [-0.2, 0) is 19.6 Å². The Labute approximate surface area is 218 Å². The summed E-state index contributed by atoms with van der Waals surface area (Å²) in [6, 6.07) is 18.5. The van der Waals surface area contributed by atoms with Crippen LogP contribution in [0, 0.1) is 11.8 Å². The van der Waals surface area contributed by atoms with Gasteiger partial charge in [0.1, 0.15) is 5.75 Å². The molecule has 194 valence electrons. The molecule has 2 aliphatic carbocycles. The van der Waals surface area contributed by atoms with E-state index in [4.69, 9.17) is 4.74 Å². The summed E-state index contributed by atoms with van der Waals surface area (Å²) in [6.45, 7) is 0. The Morgan fingerprint density at radius 3 is 1.89 bits per heavy atom. The van der Waals surface area contributed by atoms with Crippen molar-refractivity contribution in [3.05, 3.63) is 66.7 Å². The molecule has 2 fully saturated rings. The van der Waals surface area contributed by atoms with E-state index < -0.39 is 15.9 Å². The molecule has 3 aromatic rings. The van der Waals surface area contributed by atoms with E-state index in [1.165, 1.54) is 12.1 Å². The number of ether oxygens (including phenoxy) is 1. The van der Waals surface area contributed by atoms with Gasteiger partial charge in [0.25, 0.3) is 10.0 Å². The van der Waals surface area contributed by atoms with E-state index >= 15 is 0 Å². The van der Waals surface area contributed by atoms with Crippen LogP contribution in [0.15, 0.2) is 71.6 Å². The molecule has 5 rings (SSSR count). The number of carbonyl (C=O) groups excluding carboxylic acids is 2. The predicted molar refractivity (Wildman–Crippen MR) is 144 cm³/mol. The molecular weight excluding hydrogens is 486 g/mol. The molecule has 0 spiro atoms. The molecule has 0 radical (unpaired) electrons. The zero-order valence-corrected chi connectivity index (χ0v) is 21.8. The maximum absolute atomic E-state index is 13.9. The minimum Gasteiger partial charge on any atom is -0.426 e. The Morgan fingerprint density at radius 2 is 1.24 bits per heavy atom. The van der Waals surface area contributed by atoms with E-state index in [2.05, 4.69) is 0 Å². The highest BCUT2D eigenvalue weighted by Crippen LogP contribution is 2.39. The van der Waals surface area contributed by atoms with Crippen LogP contribution in [-0.4, -0.2) is 20.3 Å². The van der Waals surface area contributed by atoms with E-state index in [1.54, 1.807) is 48.5 Å². The fourth-order valence-electron chi connectivity index (χ4n) is 5.63. The fraction of sp³-hybridized carbons (Fsp3) is 0.400. The molecule has 0 saturated heterocycles. The lowest BCUT2D eigenvalue weighted by Crippen LogP contribution is -2.41. The summed E-state index contributed by atoms with van der Waals surface area (Å²) >= 11 is 0. The highest BCUT2D eigenvalue weighted by atomic mass is 32.2. The number of fused-ring (bicyclic) bond motifs is 1. The average Bonchev–Trinajstić information content (AvgIpc) is 2.95. The number of nitrogens with zero attached hydrogens (tertiary/aromatic N) is 1. The topological polar surface area (TPSA) is 80.8 Å². The second-order valence-electron chi connectivity index (χ2n) is 10.1. The van der Waals surface area contributed by atoms with Crippen LogP contribution in [0.25, 0.3) is 10.8 Å². The van der Waals surface area contributed by atoms with Gasteiger partial charge in [0.2, 0.25) is 5.91 Å². The van der Waals surface area contributed by atoms with Gasteiger partial charge in [0.15, 0.2) is 0 Å². The minimum atomic E-state index is -4.17. The van der Waals surface area contributed by atoms with E-state index in [9.17, 15) is 18.0 Å². The third-order valence-electron chi connectivity index (χ3n) is 7.66. The molecule has 0 N–H and O–H groups in total. The van der Waals surface area contributed by atoms with Gasteiger partial charge in [-0.3, -0.25) is 9.59 Å². The van der Waals surface area contributed by atoms with Crippen LogP contribution in [0.3, 0.4) is 0 Å². The SMILES string of the molecule is O=C(Oc1ccc(N(C(=O)C2CCCCC2)S(=O)(=O)c2ccccc2)c2ccccc12)C1CCCCC1. The zero-order valence-electron chi connectivity index (χ0n) is 21.0. The van der Waals surface area contributed by atoms with Crippen molar-refractivity contribution in [1.82, 2.24) is 0 Å². The smallest absolute Gasteiger partial charge is 0.314 e. The third kappa shape index (κ3) is 5.28. The predicted octanol–water partition coefficient (Wildman–Crippen LogP) is 6.63. The van der Waals surface area contributed by atoms with Crippen molar-refractivity contribution in [3.8, 4) is 5.75 Å². The van der Waals surface area contributed by atoms with Gasteiger partial charge < -0.3 is 4.74 Å². The van der Waals surface area contributed by atoms with E-state index in [1.807, 2.05) is 6.07 Å². The van der Waals surface area contributed by atoms with Crippen LogP contribution in [0.2, 0.25) is 0 Å². The number of carbonyl (C=O) groups is 2. The van der Waals surface area contributed by atoms with Crippen LogP contribution < -0.4 is 9.04 Å². The van der Waals surface area contributed by atoms with Gasteiger partial charge in [-0.2, -0.15) is 0 Å². The summed E-state index contributed by atoms with van der Waals surface area (Å²) in [6.07, 6.45) is 9.06. The first-order chi connectivity index (χ1) is 18.0. The molecule has 6 nitrogen and oxygen atoms in total. The Hall–Kier alpha value is -3.19. The van der Waals surface area contributed by atoms with Crippen LogP contribution in [0.1, 0.15) is 64.2 Å². The average molecular weight is 520 g/mol. The van der Waals surface area contributed by atoms with Gasteiger partial charge in [0.05, 0.1) is 16.5 Å². The normalized spacial score (nSPS) is 17.4. The van der Waals surface area contributed by atoms with E-state index in [-0.39, 0.29) is 28.4 Å². The maximum atomic E-state index is 13.9. The molecular formula is C30H33NO5S. The van der Waals surface area contributed by atoms with Gasteiger partial charge in [-0.25, -0.2) is 12.7 Å². The van der Waals surface area contributed by atoms with Crippen molar-refractivity contribution >= 4 is 38.4 Å². The van der Waals surface area contributed by atoms with Crippen LogP contribution >= 0.6 is 0 Å². The highest BCUT2D eigenvalue weighted by molar-refractivity contribution is 7.93. The summed E-state index contributed by atoms with van der Waals surface area (Å²) in [5.74, 6) is -0.729. The van der Waals surface area contributed by atoms with E-state index in [0.717, 1.165) is 55.7 Å². The lowest BCUT2D eigenvalue weighted by Gasteiger charge is -2.30. The molecule has 7 heteroatoms. The molecule has 0 heterocycles. The highest BCUT2D eigenvalue weighted by Gasteiger charge is 2.37. The number of rotatable bonds is 6. The number of hydrogen-bond donors (Lipinski definition) is 0. The fourth-order valence-corrected chi connectivity index (χ4v) is 7.15. The van der Waals surface area contributed by atoms with Crippen molar-refractivity contribution in [2.24, 2.45) is 11.8 Å². The second kappa shape index (κ2) is 11.1. The molecule has 0 aliphatic heterocycles. The van der Waals surface area contributed by atoms with Crippen molar-refractivity contribution < 1.29 is 22.7 Å². The van der Waals surface area contributed by atoms with Crippen molar-refractivity contribution in [2.75, 3.05) is 4.31 Å². The molecule has 1 amide bonds. The van der Waals surface area contributed by atoms with Crippen molar-refractivity contribution in [3.63, 3.8) is 0 Å². The number of benzene rings is 3. The van der Waals surface area contributed by atoms with Crippen molar-refractivity contribution in [2.45, 2.75) is 69.1 Å². The Balaban J connectivity index is 1.59. The first kappa shape index (κ1) is 25.5. The first-order valence-electron chi connectivity index (χ1n) is 13.3. The van der Waals surface area contributed by atoms with Crippen LogP contribution in [0.4, 0.5) is 5.69 Å². The summed E-state index contributed by atoms with van der Waals surface area (Å²) in [7, 11) is -4.17. The Bertz CT molecular complexity index is 1370. The number of anilines is 1. The summed E-state index contributed by atoms with van der Waals surface area (Å²) in [5, 5.41) is 1.16. The number of hydrogen-bond acceptors (Lipinski definition) is 5. The summed E-state index contributed by atoms with van der Waals surface area (Å²) < 4.78 is 34.7. The Kier molecular flexibility index (Phi) is 7.60. The molecule has 37 heavy (non-hydrogen) atoms. The van der Waals surface area contributed by atoms with Crippen LogP contribution in [0.5, 0.6) is 5.75 Å². The van der Waals surface area contributed by atoms with Crippen molar-refractivity contribution in [1.29, 1.82) is 0 Å². The minimum absolute atomic E-state index is 0.0658. The summed E-state index contributed by atoms with van der Waals surface area (Å²) in [5.41, 5.74) is 0.285. The molecule has 0 unspecified atom stereocenters. The molecule has 0 bridgehead atoms. The molecule has 0 atom stereocenters. The Morgan fingerprint density at radius 1 is 0.676 bits per heavy atom.